The molecular weight excluding hydrogens is 281 g/mol. The number of hydrogen-bond acceptors (Lipinski definition) is 3. The molecule has 0 fully saturated rings. The van der Waals surface area contributed by atoms with Gasteiger partial charge in [-0.25, -0.2) is 9.37 Å². The molecule has 0 aliphatic carbocycles. The van der Waals surface area contributed by atoms with Crippen LogP contribution in [0.4, 0.5) is 4.39 Å². The molecule has 0 saturated carbocycles. The van der Waals surface area contributed by atoms with E-state index in [1.807, 2.05) is 0 Å². The predicted octanol–water partition coefficient (Wildman–Crippen LogP) is 3.62. The van der Waals surface area contributed by atoms with E-state index in [0.717, 1.165) is 8.79 Å². The van der Waals surface area contributed by atoms with E-state index in [2.05, 4.69) is 20.9 Å². The van der Waals surface area contributed by atoms with Crippen molar-refractivity contribution in [1.29, 1.82) is 0 Å². The van der Waals surface area contributed by atoms with E-state index in [0.29, 0.717) is 12.4 Å². The minimum atomic E-state index is -0.261. The molecule has 0 N–H and O–H groups in total. The SMILES string of the molecule is Fc1ccc(OCc2cnc(Br)s2)cc1. The fourth-order valence-corrected chi connectivity index (χ4v) is 2.31. The molecule has 2 nitrogen and oxygen atoms in total. The lowest BCUT2D eigenvalue weighted by Crippen LogP contribution is -1.92. The van der Waals surface area contributed by atoms with Crippen molar-refractivity contribution in [2.45, 2.75) is 6.61 Å². The van der Waals surface area contributed by atoms with Gasteiger partial charge in [0.25, 0.3) is 0 Å². The number of benzene rings is 1. The van der Waals surface area contributed by atoms with Gasteiger partial charge in [0.1, 0.15) is 18.2 Å². The summed E-state index contributed by atoms with van der Waals surface area (Å²) in [6.45, 7) is 0.453. The van der Waals surface area contributed by atoms with Crippen molar-refractivity contribution in [3.63, 3.8) is 0 Å². The third-order valence-electron chi connectivity index (χ3n) is 1.72. The van der Waals surface area contributed by atoms with E-state index in [1.165, 1.54) is 23.5 Å². The molecule has 0 unspecified atom stereocenters. The predicted molar refractivity (Wildman–Crippen MR) is 60.5 cm³/mol. The first-order valence-corrected chi connectivity index (χ1v) is 5.83. The van der Waals surface area contributed by atoms with Crippen LogP contribution in [0.15, 0.2) is 34.4 Å². The number of nitrogens with zero attached hydrogens (tertiary/aromatic N) is 1. The van der Waals surface area contributed by atoms with Crippen molar-refractivity contribution in [2.75, 3.05) is 0 Å². The summed E-state index contributed by atoms with van der Waals surface area (Å²) in [6, 6.07) is 5.95. The average molecular weight is 288 g/mol. The van der Waals surface area contributed by atoms with Crippen LogP contribution in [-0.4, -0.2) is 4.98 Å². The van der Waals surface area contributed by atoms with Gasteiger partial charge in [-0.15, -0.1) is 11.3 Å². The first-order valence-electron chi connectivity index (χ1n) is 4.22. The third-order valence-corrected chi connectivity index (χ3v) is 3.17. The molecule has 0 bridgehead atoms. The normalized spacial score (nSPS) is 10.3. The van der Waals surface area contributed by atoms with Crippen LogP contribution < -0.4 is 4.74 Å². The van der Waals surface area contributed by atoms with Gasteiger partial charge in [0.05, 0.1) is 4.88 Å². The summed E-state index contributed by atoms with van der Waals surface area (Å²) in [6.07, 6.45) is 1.75. The van der Waals surface area contributed by atoms with Crippen LogP contribution in [0.25, 0.3) is 0 Å². The van der Waals surface area contributed by atoms with Gasteiger partial charge in [-0.3, -0.25) is 0 Å². The van der Waals surface area contributed by atoms with Crippen LogP contribution in [0.3, 0.4) is 0 Å². The van der Waals surface area contributed by atoms with Crippen molar-refractivity contribution in [2.24, 2.45) is 0 Å². The van der Waals surface area contributed by atoms with Crippen LogP contribution in [0.2, 0.25) is 0 Å². The van der Waals surface area contributed by atoms with Crippen molar-refractivity contribution < 1.29 is 9.13 Å². The first kappa shape index (κ1) is 10.6. The Morgan fingerprint density at radius 3 is 2.67 bits per heavy atom. The molecule has 2 rings (SSSR count). The molecule has 1 aromatic carbocycles. The molecule has 15 heavy (non-hydrogen) atoms. The quantitative estimate of drug-likeness (QED) is 0.860. The van der Waals surface area contributed by atoms with E-state index in [4.69, 9.17) is 4.74 Å². The standard InChI is InChI=1S/C10H7BrFNOS/c11-10-13-5-9(15-10)6-14-8-3-1-7(12)2-4-8/h1-5H,6H2. The number of hydrogen-bond donors (Lipinski definition) is 0. The minimum Gasteiger partial charge on any atom is -0.488 e. The Balaban J connectivity index is 1.96. The van der Waals surface area contributed by atoms with Crippen LogP contribution in [-0.2, 0) is 6.61 Å². The summed E-state index contributed by atoms with van der Waals surface area (Å²) in [7, 11) is 0. The average Bonchev–Trinajstić information content (AvgIpc) is 2.64. The van der Waals surface area contributed by atoms with Gasteiger partial charge in [-0.2, -0.15) is 0 Å². The largest absolute Gasteiger partial charge is 0.488 e. The lowest BCUT2D eigenvalue weighted by molar-refractivity contribution is 0.309. The second-order valence-corrected chi connectivity index (χ2v) is 5.21. The maximum absolute atomic E-state index is 12.6. The Kier molecular flexibility index (Phi) is 3.33. The Hall–Kier alpha value is -0.940. The van der Waals surface area contributed by atoms with Crippen molar-refractivity contribution in [3.05, 3.63) is 45.1 Å². The molecule has 0 aliphatic rings. The molecule has 2 aromatic rings. The van der Waals surface area contributed by atoms with Gasteiger partial charge < -0.3 is 4.74 Å². The summed E-state index contributed by atoms with van der Waals surface area (Å²) in [5.74, 6) is 0.392. The molecule has 0 spiro atoms. The van der Waals surface area contributed by atoms with E-state index in [9.17, 15) is 4.39 Å². The van der Waals surface area contributed by atoms with Gasteiger partial charge in [-0.05, 0) is 40.2 Å². The van der Waals surface area contributed by atoms with Gasteiger partial charge >= 0.3 is 0 Å². The fourth-order valence-electron chi connectivity index (χ4n) is 1.04. The monoisotopic (exact) mass is 287 g/mol. The molecule has 0 amide bonds. The second kappa shape index (κ2) is 4.72. The third kappa shape index (κ3) is 3.00. The number of thiazole rings is 1. The van der Waals surface area contributed by atoms with E-state index in [-0.39, 0.29) is 5.82 Å². The molecule has 0 aliphatic heterocycles. The Morgan fingerprint density at radius 1 is 1.33 bits per heavy atom. The molecule has 1 heterocycles. The molecular formula is C10H7BrFNOS. The molecule has 0 saturated heterocycles. The maximum atomic E-state index is 12.6. The molecule has 0 atom stereocenters. The fraction of sp³-hybridized carbons (Fsp3) is 0.100. The van der Waals surface area contributed by atoms with Crippen molar-refractivity contribution in [1.82, 2.24) is 4.98 Å². The Bertz CT molecular complexity index is 443. The van der Waals surface area contributed by atoms with Crippen molar-refractivity contribution in [3.8, 4) is 5.75 Å². The van der Waals surface area contributed by atoms with Crippen molar-refractivity contribution >= 4 is 27.3 Å². The van der Waals surface area contributed by atoms with Gasteiger partial charge in [-0.1, -0.05) is 0 Å². The van der Waals surface area contributed by atoms with E-state index < -0.39 is 0 Å². The molecule has 5 heteroatoms. The summed E-state index contributed by atoms with van der Waals surface area (Å²) in [5.41, 5.74) is 0. The molecule has 1 aromatic heterocycles. The Morgan fingerprint density at radius 2 is 2.07 bits per heavy atom. The second-order valence-electron chi connectivity index (χ2n) is 2.82. The zero-order chi connectivity index (χ0) is 10.7. The van der Waals surface area contributed by atoms with E-state index in [1.54, 1.807) is 18.3 Å². The lowest BCUT2D eigenvalue weighted by Gasteiger charge is -2.03. The number of halogens is 2. The van der Waals surface area contributed by atoms with Crippen LogP contribution in [0.5, 0.6) is 5.75 Å². The summed E-state index contributed by atoms with van der Waals surface area (Å²) < 4.78 is 18.9. The highest BCUT2D eigenvalue weighted by Crippen LogP contribution is 2.20. The van der Waals surface area contributed by atoms with Crippen LogP contribution in [0, 0.1) is 5.82 Å². The highest BCUT2D eigenvalue weighted by atomic mass is 79.9. The highest BCUT2D eigenvalue weighted by molar-refractivity contribution is 9.11. The molecule has 0 radical (unpaired) electrons. The van der Waals surface area contributed by atoms with Gasteiger partial charge in [0, 0.05) is 6.20 Å². The topological polar surface area (TPSA) is 22.1 Å². The highest BCUT2D eigenvalue weighted by Gasteiger charge is 2.00. The zero-order valence-corrected chi connectivity index (χ0v) is 10.0. The van der Waals surface area contributed by atoms with Gasteiger partial charge in [0.15, 0.2) is 3.92 Å². The summed E-state index contributed by atoms with van der Waals surface area (Å²) in [4.78, 5) is 5.06. The molecule has 78 valence electrons. The number of aromatic nitrogens is 1. The number of ether oxygens (including phenoxy) is 1. The minimum absolute atomic E-state index is 0.261. The summed E-state index contributed by atoms with van der Waals surface area (Å²) in [5, 5.41) is 0. The van der Waals surface area contributed by atoms with Crippen LogP contribution in [0.1, 0.15) is 4.88 Å². The lowest BCUT2D eigenvalue weighted by atomic mass is 10.3. The smallest absolute Gasteiger partial charge is 0.159 e. The zero-order valence-electron chi connectivity index (χ0n) is 7.61. The van der Waals surface area contributed by atoms with E-state index >= 15 is 0 Å². The van der Waals surface area contributed by atoms with Gasteiger partial charge in [0.2, 0.25) is 0 Å². The maximum Gasteiger partial charge on any atom is 0.159 e. The number of rotatable bonds is 3. The Labute approximate surface area is 98.9 Å². The van der Waals surface area contributed by atoms with Crippen LogP contribution >= 0.6 is 27.3 Å². The summed E-state index contributed by atoms with van der Waals surface area (Å²) >= 11 is 4.79. The first-order chi connectivity index (χ1) is 7.24.